The average molecular weight is 325 g/mol. The Kier molecular flexibility index (Phi) is 3.98. The largest absolute Gasteiger partial charge is 0.465 e. The van der Waals surface area contributed by atoms with Crippen molar-refractivity contribution in [3.63, 3.8) is 0 Å². The van der Waals surface area contributed by atoms with Crippen LogP contribution < -0.4 is 9.47 Å². The molecule has 120 valence electrons. The number of halogens is 1. The molecular formula is C17H21ClO4. The van der Waals surface area contributed by atoms with E-state index < -0.39 is 11.8 Å². The van der Waals surface area contributed by atoms with Gasteiger partial charge in [0.15, 0.2) is 11.5 Å². The number of hydrogen-bond donors (Lipinski definition) is 0. The molecule has 1 aromatic carbocycles. The second kappa shape index (κ2) is 5.65. The fraction of sp³-hybridized carbons (Fsp3) is 0.588. The molecule has 0 amide bonds. The van der Waals surface area contributed by atoms with E-state index in [1.54, 1.807) is 6.07 Å². The quantitative estimate of drug-likeness (QED) is 0.751. The standard InChI is InChI=1S/C17H21ClO4/c1-10-12(16(19)20-3)9-13(18)15-14(10)21-17(2,22-15)11-7-5-4-6-8-11/h9,11H,4-8H2,1-3H3/t17-/m0/s1. The van der Waals surface area contributed by atoms with Gasteiger partial charge in [-0.3, -0.25) is 0 Å². The van der Waals surface area contributed by atoms with E-state index in [1.807, 2.05) is 13.8 Å². The number of ether oxygens (including phenoxy) is 3. The molecule has 0 unspecified atom stereocenters. The van der Waals surface area contributed by atoms with Gasteiger partial charge in [-0.2, -0.15) is 0 Å². The summed E-state index contributed by atoms with van der Waals surface area (Å²) in [6.45, 7) is 3.80. The first kappa shape index (κ1) is 15.5. The number of fused-ring (bicyclic) bond motifs is 1. The monoisotopic (exact) mass is 324 g/mol. The van der Waals surface area contributed by atoms with Crippen LogP contribution in [0.4, 0.5) is 0 Å². The molecule has 1 atom stereocenters. The molecule has 0 saturated heterocycles. The molecule has 1 heterocycles. The fourth-order valence-electron chi connectivity index (χ4n) is 3.46. The molecule has 2 aliphatic rings. The Labute approximate surface area is 135 Å². The van der Waals surface area contributed by atoms with Gasteiger partial charge in [0.05, 0.1) is 17.7 Å². The number of hydrogen-bond acceptors (Lipinski definition) is 4. The molecule has 0 aromatic heterocycles. The maximum atomic E-state index is 11.9. The third kappa shape index (κ3) is 2.43. The Morgan fingerprint density at radius 1 is 1.27 bits per heavy atom. The first-order valence-corrected chi connectivity index (χ1v) is 8.13. The van der Waals surface area contributed by atoms with E-state index in [-0.39, 0.29) is 0 Å². The second-order valence-corrected chi connectivity index (χ2v) is 6.64. The van der Waals surface area contributed by atoms with Crippen LogP contribution in [0.3, 0.4) is 0 Å². The highest BCUT2D eigenvalue weighted by atomic mass is 35.5. The summed E-state index contributed by atoms with van der Waals surface area (Å²) in [6, 6.07) is 1.59. The minimum atomic E-state index is -0.702. The van der Waals surface area contributed by atoms with E-state index in [0.29, 0.717) is 33.6 Å². The highest BCUT2D eigenvalue weighted by Gasteiger charge is 2.46. The van der Waals surface area contributed by atoms with E-state index >= 15 is 0 Å². The first-order valence-electron chi connectivity index (χ1n) is 7.75. The van der Waals surface area contributed by atoms with Crippen LogP contribution in [-0.4, -0.2) is 18.9 Å². The van der Waals surface area contributed by atoms with E-state index in [2.05, 4.69) is 0 Å². The Bertz CT molecular complexity index is 607. The minimum Gasteiger partial charge on any atom is -0.465 e. The molecule has 22 heavy (non-hydrogen) atoms. The zero-order valence-corrected chi connectivity index (χ0v) is 14.0. The predicted molar refractivity (Wildman–Crippen MR) is 83.8 cm³/mol. The highest BCUT2D eigenvalue weighted by molar-refractivity contribution is 6.32. The molecule has 1 aliphatic carbocycles. The van der Waals surface area contributed by atoms with Gasteiger partial charge in [-0.15, -0.1) is 0 Å². The molecule has 4 nitrogen and oxygen atoms in total. The van der Waals surface area contributed by atoms with Gasteiger partial charge in [0.2, 0.25) is 0 Å². The summed E-state index contributed by atoms with van der Waals surface area (Å²) in [7, 11) is 1.35. The van der Waals surface area contributed by atoms with Crippen LogP contribution in [0.25, 0.3) is 0 Å². The number of esters is 1. The van der Waals surface area contributed by atoms with Gasteiger partial charge in [0.1, 0.15) is 0 Å². The summed E-state index contributed by atoms with van der Waals surface area (Å²) in [5.41, 5.74) is 1.13. The molecule has 0 N–H and O–H groups in total. The number of carbonyl (C=O) groups is 1. The van der Waals surface area contributed by atoms with Gasteiger partial charge in [0.25, 0.3) is 5.79 Å². The van der Waals surface area contributed by atoms with Crippen LogP contribution in [-0.2, 0) is 4.74 Å². The molecule has 1 aliphatic heterocycles. The van der Waals surface area contributed by atoms with Gasteiger partial charge in [0, 0.05) is 18.4 Å². The lowest BCUT2D eigenvalue weighted by molar-refractivity contribution is -0.119. The minimum absolute atomic E-state index is 0.339. The summed E-state index contributed by atoms with van der Waals surface area (Å²) in [6.07, 6.45) is 5.84. The summed E-state index contributed by atoms with van der Waals surface area (Å²) < 4.78 is 17.1. The van der Waals surface area contributed by atoms with Crippen molar-refractivity contribution in [3.05, 3.63) is 22.2 Å². The lowest BCUT2D eigenvalue weighted by atomic mass is 9.84. The van der Waals surface area contributed by atoms with Gasteiger partial charge in [-0.05, 0) is 25.8 Å². The van der Waals surface area contributed by atoms with Crippen LogP contribution in [0, 0.1) is 12.8 Å². The summed E-state index contributed by atoms with van der Waals surface area (Å²) >= 11 is 6.30. The van der Waals surface area contributed by atoms with Crippen molar-refractivity contribution in [1.29, 1.82) is 0 Å². The smallest absolute Gasteiger partial charge is 0.338 e. The predicted octanol–water partition coefficient (Wildman–Crippen LogP) is 4.50. The van der Waals surface area contributed by atoms with Gasteiger partial charge >= 0.3 is 5.97 Å². The molecular weight excluding hydrogens is 304 g/mol. The van der Waals surface area contributed by atoms with Gasteiger partial charge in [-0.1, -0.05) is 30.9 Å². The first-order chi connectivity index (χ1) is 10.5. The third-order valence-electron chi connectivity index (χ3n) is 4.80. The van der Waals surface area contributed by atoms with E-state index in [4.69, 9.17) is 25.8 Å². The molecule has 5 heteroatoms. The van der Waals surface area contributed by atoms with Crippen molar-refractivity contribution in [2.75, 3.05) is 7.11 Å². The van der Waals surface area contributed by atoms with Crippen molar-refractivity contribution in [3.8, 4) is 11.5 Å². The summed E-state index contributed by atoms with van der Waals surface area (Å²) in [4.78, 5) is 11.9. The zero-order valence-electron chi connectivity index (χ0n) is 13.2. The highest BCUT2D eigenvalue weighted by Crippen LogP contribution is 2.51. The van der Waals surface area contributed by atoms with Crippen molar-refractivity contribution in [2.24, 2.45) is 5.92 Å². The summed E-state index contributed by atoms with van der Waals surface area (Å²) in [5, 5.41) is 0.389. The van der Waals surface area contributed by atoms with Crippen molar-refractivity contribution in [1.82, 2.24) is 0 Å². The molecule has 3 rings (SSSR count). The van der Waals surface area contributed by atoms with E-state index in [0.717, 1.165) is 12.8 Å². The molecule has 0 bridgehead atoms. The van der Waals surface area contributed by atoms with Gasteiger partial charge in [-0.25, -0.2) is 4.79 Å². The van der Waals surface area contributed by atoms with Crippen LogP contribution in [0.1, 0.15) is 54.9 Å². The van der Waals surface area contributed by atoms with Crippen molar-refractivity contribution >= 4 is 17.6 Å². The molecule has 1 fully saturated rings. The zero-order chi connectivity index (χ0) is 15.9. The molecule has 1 saturated carbocycles. The van der Waals surface area contributed by atoms with Crippen LogP contribution in [0.5, 0.6) is 11.5 Å². The Morgan fingerprint density at radius 3 is 2.55 bits per heavy atom. The normalized spacial score (nSPS) is 24.4. The maximum Gasteiger partial charge on any atom is 0.338 e. The average Bonchev–Trinajstić information content (AvgIpc) is 2.91. The number of rotatable bonds is 2. The Hall–Kier alpha value is -1.42. The number of methoxy groups -OCH3 is 1. The maximum absolute atomic E-state index is 11.9. The van der Waals surface area contributed by atoms with Crippen molar-refractivity contribution < 1.29 is 19.0 Å². The summed E-state index contributed by atoms with van der Waals surface area (Å²) in [5.74, 6) is 0.329. The van der Waals surface area contributed by atoms with E-state index in [9.17, 15) is 4.79 Å². The fourth-order valence-corrected chi connectivity index (χ4v) is 3.69. The number of carbonyl (C=O) groups excluding carboxylic acids is 1. The molecule has 1 aromatic rings. The lowest BCUT2D eigenvalue weighted by Crippen LogP contribution is -2.44. The Balaban J connectivity index is 1.97. The molecule has 0 radical (unpaired) electrons. The third-order valence-corrected chi connectivity index (χ3v) is 5.08. The SMILES string of the molecule is COC(=O)c1cc(Cl)c2c(c1C)O[C@](C)(C1CCCCC1)O2. The van der Waals surface area contributed by atoms with Crippen molar-refractivity contribution in [2.45, 2.75) is 51.7 Å². The molecule has 0 spiro atoms. The van der Waals surface area contributed by atoms with Gasteiger partial charge < -0.3 is 14.2 Å². The van der Waals surface area contributed by atoms with Crippen LogP contribution in [0.15, 0.2) is 6.07 Å². The van der Waals surface area contributed by atoms with Crippen LogP contribution >= 0.6 is 11.6 Å². The topological polar surface area (TPSA) is 44.8 Å². The lowest BCUT2D eigenvalue weighted by Gasteiger charge is -2.34. The number of benzene rings is 1. The van der Waals surface area contributed by atoms with E-state index in [1.165, 1.54) is 26.4 Å². The second-order valence-electron chi connectivity index (χ2n) is 6.24. The Morgan fingerprint density at radius 2 is 1.91 bits per heavy atom. The van der Waals surface area contributed by atoms with Crippen LogP contribution in [0.2, 0.25) is 5.02 Å².